The van der Waals surface area contributed by atoms with Crippen LogP contribution in [0.1, 0.15) is 16.8 Å². The first-order chi connectivity index (χ1) is 8.06. The van der Waals surface area contributed by atoms with Crippen LogP contribution in [-0.2, 0) is 4.74 Å². The molecule has 1 N–H and O–H groups in total. The third-order valence-electron chi connectivity index (χ3n) is 2.38. The molecular formula is C12H16ClNO3. The van der Waals surface area contributed by atoms with Crippen molar-refractivity contribution in [3.05, 3.63) is 28.8 Å². The molecule has 5 heteroatoms. The van der Waals surface area contributed by atoms with E-state index < -0.39 is 0 Å². The molecule has 0 spiro atoms. The molecule has 1 aromatic carbocycles. The van der Waals surface area contributed by atoms with E-state index in [0.717, 1.165) is 6.42 Å². The second-order valence-corrected chi connectivity index (χ2v) is 4.17. The molecule has 0 fully saturated rings. The predicted octanol–water partition coefficient (Wildman–Crippen LogP) is 2.15. The average molecular weight is 258 g/mol. The molecule has 0 radical (unpaired) electrons. The number of nitrogens with zero attached hydrogens (tertiary/aromatic N) is 1. The van der Waals surface area contributed by atoms with Crippen molar-refractivity contribution < 1.29 is 14.6 Å². The number of aromatic hydroxyl groups is 1. The summed E-state index contributed by atoms with van der Waals surface area (Å²) in [4.78, 5) is 13.5. The quantitative estimate of drug-likeness (QED) is 0.823. The normalized spacial score (nSPS) is 10.3. The van der Waals surface area contributed by atoms with Crippen LogP contribution in [0.25, 0.3) is 0 Å². The minimum Gasteiger partial charge on any atom is -0.507 e. The van der Waals surface area contributed by atoms with Crippen molar-refractivity contribution in [2.75, 3.05) is 27.3 Å². The molecule has 0 saturated heterocycles. The van der Waals surface area contributed by atoms with Crippen LogP contribution in [0.5, 0.6) is 5.75 Å². The fraction of sp³-hybridized carbons (Fsp3) is 0.417. The SMILES string of the molecule is COCCCN(C)C(=O)c1cc(Cl)ccc1O. The summed E-state index contributed by atoms with van der Waals surface area (Å²) in [7, 11) is 3.29. The molecule has 0 aliphatic heterocycles. The summed E-state index contributed by atoms with van der Waals surface area (Å²) in [5.74, 6) is -0.306. The van der Waals surface area contributed by atoms with E-state index in [-0.39, 0.29) is 17.2 Å². The van der Waals surface area contributed by atoms with Crippen LogP contribution in [0.15, 0.2) is 18.2 Å². The predicted molar refractivity (Wildman–Crippen MR) is 66.6 cm³/mol. The van der Waals surface area contributed by atoms with Crippen molar-refractivity contribution in [3.8, 4) is 5.75 Å². The highest BCUT2D eigenvalue weighted by Gasteiger charge is 2.15. The number of halogens is 1. The number of ether oxygens (including phenoxy) is 1. The van der Waals surface area contributed by atoms with Gasteiger partial charge in [-0.3, -0.25) is 4.79 Å². The van der Waals surface area contributed by atoms with E-state index in [1.807, 2.05) is 0 Å². The van der Waals surface area contributed by atoms with Crippen molar-refractivity contribution in [2.45, 2.75) is 6.42 Å². The van der Waals surface area contributed by atoms with Gasteiger partial charge in [0, 0.05) is 32.3 Å². The number of benzene rings is 1. The van der Waals surface area contributed by atoms with Crippen molar-refractivity contribution >= 4 is 17.5 Å². The van der Waals surface area contributed by atoms with Gasteiger partial charge in [0.1, 0.15) is 5.75 Å². The molecule has 0 unspecified atom stereocenters. The number of amides is 1. The maximum atomic E-state index is 12.0. The number of hydrogen-bond donors (Lipinski definition) is 1. The molecule has 0 heterocycles. The Morgan fingerprint density at radius 2 is 2.24 bits per heavy atom. The average Bonchev–Trinajstić information content (AvgIpc) is 2.31. The lowest BCUT2D eigenvalue weighted by Crippen LogP contribution is -2.28. The van der Waals surface area contributed by atoms with Crippen LogP contribution in [0.2, 0.25) is 5.02 Å². The molecule has 0 bridgehead atoms. The van der Waals surface area contributed by atoms with Gasteiger partial charge in [0.15, 0.2) is 0 Å². The van der Waals surface area contributed by atoms with Gasteiger partial charge in [-0.05, 0) is 24.6 Å². The maximum absolute atomic E-state index is 12.0. The molecule has 0 aliphatic rings. The second-order valence-electron chi connectivity index (χ2n) is 3.73. The second kappa shape index (κ2) is 6.47. The topological polar surface area (TPSA) is 49.8 Å². The highest BCUT2D eigenvalue weighted by Crippen LogP contribution is 2.22. The lowest BCUT2D eigenvalue weighted by molar-refractivity contribution is 0.0776. The smallest absolute Gasteiger partial charge is 0.257 e. The molecule has 0 aliphatic carbocycles. The maximum Gasteiger partial charge on any atom is 0.257 e. The van der Waals surface area contributed by atoms with Gasteiger partial charge < -0.3 is 14.7 Å². The highest BCUT2D eigenvalue weighted by molar-refractivity contribution is 6.31. The van der Waals surface area contributed by atoms with E-state index >= 15 is 0 Å². The van der Waals surface area contributed by atoms with E-state index in [9.17, 15) is 9.90 Å². The van der Waals surface area contributed by atoms with Crippen LogP contribution < -0.4 is 0 Å². The third-order valence-corrected chi connectivity index (χ3v) is 2.61. The summed E-state index contributed by atoms with van der Waals surface area (Å²) in [6, 6.07) is 4.42. The summed E-state index contributed by atoms with van der Waals surface area (Å²) < 4.78 is 4.91. The van der Waals surface area contributed by atoms with Gasteiger partial charge in [-0.2, -0.15) is 0 Å². The zero-order chi connectivity index (χ0) is 12.8. The first kappa shape index (κ1) is 13.8. The largest absolute Gasteiger partial charge is 0.507 e. The Labute approximate surface area is 106 Å². The molecule has 94 valence electrons. The summed E-state index contributed by atoms with van der Waals surface area (Å²) >= 11 is 5.79. The van der Waals surface area contributed by atoms with Crippen molar-refractivity contribution in [1.29, 1.82) is 0 Å². The van der Waals surface area contributed by atoms with Crippen LogP contribution in [0.3, 0.4) is 0 Å². The van der Waals surface area contributed by atoms with Gasteiger partial charge in [-0.25, -0.2) is 0 Å². The van der Waals surface area contributed by atoms with E-state index in [2.05, 4.69) is 0 Å². The first-order valence-corrected chi connectivity index (χ1v) is 5.67. The van der Waals surface area contributed by atoms with Crippen molar-refractivity contribution in [1.82, 2.24) is 4.90 Å². The van der Waals surface area contributed by atoms with Crippen LogP contribution in [-0.4, -0.2) is 43.2 Å². The van der Waals surface area contributed by atoms with Crippen LogP contribution in [0, 0.1) is 0 Å². The lowest BCUT2D eigenvalue weighted by Gasteiger charge is -2.17. The number of rotatable bonds is 5. The number of carbonyl (C=O) groups excluding carboxylic acids is 1. The van der Waals surface area contributed by atoms with E-state index in [4.69, 9.17) is 16.3 Å². The molecule has 17 heavy (non-hydrogen) atoms. The minimum atomic E-state index is -0.249. The Balaban J connectivity index is 2.71. The number of hydrogen-bond acceptors (Lipinski definition) is 3. The molecule has 4 nitrogen and oxygen atoms in total. The fourth-order valence-electron chi connectivity index (χ4n) is 1.43. The van der Waals surface area contributed by atoms with Crippen molar-refractivity contribution in [3.63, 3.8) is 0 Å². The molecule has 1 amide bonds. The minimum absolute atomic E-state index is 0.0574. The third kappa shape index (κ3) is 3.91. The van der Waals surface area contributed by atoms with Gasteiger partial charge in [-0.1, -0.05) is 11.6 Å². The summed E-state index contributed by atoms with van der Waals surface area (Å²) in [5, 5.41) is 10.0. The zero-order valence-electron chi connectivity index (χ0n) is 9.94. The monoisotopic (exact) mass is 257 g/mol. The first-order valence-electron chi connectivity index (χ1n) is 5.29. The highest BCUT2D eigenvalue weighted by atomic mass is 35.5. The van der Waals surface area contributed by atoms with Gasteiger partial charge >= 0.3 is 0 Å². The molecule has 1 aromatic rings. The molecule has 0 aromatic heterocycles. The molecule has 0 atom stereocenters. The van der Waals surface area contributed by atoms with Crippen LogP contribution in [0.4, 0.5) is 0 Å². The van der Waals surface area contributed by atoms with E-state index in [0.29, 0.717) is 18.2 Å². The number of phenols is 1. The van der Waals surface area contributed by atoms with Gasteiger partial charge in [-0.15, -0.1) is 0 Å². The number of phenolic OH excluding ortho intramolecular Hbond substituents is 1. The van der Waals surface area contributed by atoms with Crippen LogP contribution >= 0.6 is 11.6 Å². The lowest BCUT2D eigenvalue weighted by atomic mass is 10.1. The Morgan fingerprint density at radius 1 is 1.53 bits per heavy atom. The molecular weight excluding hydrogens is 242 g/mol. The van der Waals surface area contributed by atoms with E-state index in [1.54, 1.807) is 20.2 Å². The van der Waals surface area contributed by atoms with Crippen molar-refractivity contribution in [2.24, 2.45) is 0 Å². The van der Waals surface area contributed by atoms with Gasteiger partial charge in [0.25, 0.3) is 5.91 Å². The summed E-state index contributed by atoms with van der Waals surface area (Å²) in [5.41, 5.74) is 0.220. The fourth-order valence-corrected chi connectivity index (χ4v) is 1.60. The molecule has 1 rings (SSSR count). The van der Waals surface area contributed by atoms with E-state index in [1.165, 1.54) is 17.0 Å². The Hall–Kier alpha value is -1.26. The summed E-state index contributed by atoms with van der Waals surface area (Å²) in [6.07, 6.45) is 0.750. The number of carbonyl (C=O) groups is 1. The molecule has 0 saturated carbocycles. The summed E-state index contributed by atoms with van der Waals surface area (Å²) in [6.45, 7) is 1.16. The Kier molecular flexibility index (Phi) is 5.25. The zero-order valence-corrected chi connectivity index (χ0v) is 10.7. The Bertz CT molecular complexity index is 395. The number of methoxy groups -OCH3 is 1. The van der Waals surface area contributed by atoms with Gasteiger partial charge in [0.05, 0.1) is 5.56 Å². The van der Waals surface area contributed by atoms with Gasteiger partial charge in [0.2, 0.25) is 0 Å². The standard InChI is InChI=1S/C12H16ClNO3/c1-14(6-3-7-17-2)12(16)10-8-9(13)4-5-11(10)15/h4-5,8,15H,3,6-7H2,1-2H3. The Morgan fingerprint density at radius 3 is 2.88 bits per heavy atom.